The molecule has 9 heteroatoms. The van der Waals surface area contributed by atoms with E-state index in [2.05, 4.69) is 4.98 Å². The van der Waals surface area contributed by atoms with Crippen LogP contribution in [0, 0.1) is 6.92 Å². The molecule has 26 heavy (non-hydrogen) atoms. The molecule has 0 radical (unpaired) electrons. The first-order valence-electron chi connectivity index (χ1n) is 8.74. The van der Waals surface area contributed by atoms with Crippen molar-refractivity contribution >= 4 is 12.7 Å². The molecule has 0 aliphatic carbocycles. The minimum atomic E-state index is -4.91. The fraction of sp³-hybridized carbons (Fsp3) is 0.706. The summed E-state index contributed by atoms with van der Waals surface area (Å²) >= 11 is 0. The SMILES string of the molecule is Cc1nc(C(=C(F)B2OC(C)(C)C(C)(C)O2)C(F)(F)F)c2n1CCCC2. The lowest BCUT2D eigenvalue weighted by Gasteiger charge is -2.32. The number of imidazole rings is 1. The standard InChI is InChI=1S/C17H23BF4N2O2/c1-10-23-13(11-8-6-7-9-24(10)11)12(17(20,21)22)14(19)18-25-15(2,3)16(4,5)26-18/h6-9H2,1-5H3. The highest BCUT2D eigenvalue weighted by molar-refractivity contribution is 6.55. The van der Waals surface area contributed by atoms with Gasteiger partial charge in [0.2, 0.25) is 0 Å². The maximum absolute atomic E-state index is 15.1. The van der Waals surface area contributed by atoms with Gasteiger partial charge < -0.3 is 13.9 Å². The van der Waals surface area contributed by atoms with Crippen molar-refractivity contribution in [3.63, 3.8) is 0 Å². The third kappa shape index (κ3) is 3.09. The molecule has 0 amide bonds. The first-order valence-corrected chi connectivity index (χ1v) is 8.74. The molecule has 2 aliphatic heterocycles. The average molecular weight is 374 g/mol. The Morgan fingerprint density at radius 1 is 1.12 bits per heavy atom. The predicted octanol–water partition coefficient (Wildman–Crippen LogP) is 4.40. The summed E-state index contributed by atoms with van der Waals surface area (Å²) in [5, 5.41) is 0. The molecule has 0 spiro atoms. The van der Waals surface area contributed by atoms with Gasteiger partial charge in [-0.25, -0.2) is 9.37 Å². The van der Waals surface area contributed by atoms with E-state index in [0.717, 1.165) is 12.8 Å². The number of fused-ring (bicyclic) bond motifs is 1. The number of aryl methyl sites for hydroxylation is 1. The quantitative estimate of drug-likeness (QED) is 0.569. The third-order valence-electron chi connectivity index (χ3n) is 5.53. The van der Waals surface area contributed by atoms with Crippen molar-refractivity contribution < 1.29 is 26.9 Å². The van der Waals surface area contributed by atoms with E-state index in [1.807, 2.05) is 0 Å². The van der Waals surface area contributed by atoms with Gasteiger partial charge in [-0.2, -0.15) is 13.2 Å². The number of rotatable bonds is 2. The van der Waals surface area contributed by atoms with Crippen molar-refractivity contribution in [1.29, 1.82) is 0 Å². The van der Waals surface area contributed by atoms with Gasteiger partial charge >= 0.3 is 13.3 Å². The second kappa shape index (κ2) is 6.09. The van der Waals surface area contributed by atoms with Crippen molar-refractivity contribution in [2.24, 2.45) is 0 Å². The third-order valence-corrected chi connectivity index (χ3v) is 5.53. The van der Waals surface area contributed by atoms with E-state index < -0.39 is 35.8 Å². The fourth-order valence-corrected chi connectivity index (χ4v) is 3.37. The zero-order valence-electron chi connectivity index (χ0n) is 15.6. The number of alkyl halides is 3. The molecule has 0 atom stereocenters. The van der Waals surface area contributed by atoms with Gasteiger partial charge in [0.05, 0.1) is 16.9 Å². The van der Waals surface area contributed by atoms with Crippen molar-refractivity contribution in [1.82, 2.24) is 9.55 Å². The maximum atomic E-state index is 15.1. The minimum Gasteiger partial charge on any atom is -0.398 e. The number of aromatic nitrogens is 2. The van der Waals surface area contributed by atoms with Gasteiger partial charge in [0.1, 0.15) is 17.1 Å². The second-order valence-electron chi connectivity index (χ2n) is 7.87. The largest absolute Gasteiger partial charge is 0.525 e. The molecule has 1 fully saturated rings. The molecule has 1 aromatic rings. The van der Waals surface area contributed by atoms with Gasteiger partial charge in [-0.05, 0) is 53.9 Å². The second-order valence-corrected chi connectivity index (χ2v) is 7.87. The summed E-state index contributed by atoms with van der Waals surface area (Å²) < 4.78 is 69.2. The molecular weight excluding hydrogens is 351 g/mol. The van der Waals surface area contributed by atoms with Gasteiger partial charge in [-0.15, -0.1) is 0 Å². The van der Waals surface area contributed by atoms with Crippen molar-refractivity contribution in [2.45, 2.75) is 77.8 Å². The monoisotopic (exact) mass is 374 g/mol. The van der Waals surface area contributed by atoms with Crippen LogP contribution in [0.1, 0.15) is 57.7 Å². The summed E-state index contributed by atoms with van der Waals surface area (Å²) in [6.45, 7) is 8.88. The normalized spacial score (nSPS) is 23.0. The molecular formula is C17H23BF4N2O2. The highest BCUT2D eigenvalue weighted by Gasteiger charge is 2.56. The van der Waals surface area contributed by atoms with E-state index in [1.165, 1.54) is 0 Å². The number of hydrogen-bond acceptors (Lipinski definition) is 3. The van der Waals surface area contributed by atoms with Crippen LogP contribution in [0.3, 0.4) is 0 Å². The van der Waals surface area contributed by atoms with E-state index in [0.29, 0.717) is 24.5 Å². The van der Waals surface area contributed by atoms with Crippen LogP contribution >= 0.6 is 0 Å². The lowest BCUT2D eigenvalue weighted by molar-refractivity contribution is -0.0702. The van der Waals surface area contributed by atoms with Crippen molar-refractivity contribution in [3.8, 4) is 0 Å². The Labute approximate surface area is 150 Å². The van der Waals surface area contributed by atoms with Crippen LogP contribution in [0.5, 0.6) is 0 Å². The van der Waals surface area contributed by atoms with Crippen LogP contribution in [-0.2, 0) is 22.3 Å². The van der Waals surface area contributed by atoms with Crippen molar-refractivity contribution in [3.05, 3.63) is 22.9 Å². The average Bonchev–Trinajstić information content (AvgIpc) is 2.93. The molecule has 0 saturated carbocycles. The van der Waals surface area contributed by atoms with E-state index in [1.54, 1.807) is 39.2 Å². The van der Waals surface area contributed by atoms with Crippen molar-refractivity contribution in [2.75, 3.05) is 0 Å². The van der Waals surface area contributed by atoms with Crippen LogP contribution in [-0.4, -0.2) is 34.0 Å². The maximum Gasteiger partial charge on any atom is 0.525 e. The molecule has 1 aromatic heterocycles. The summed E-state index contributed by atoms with van der Waals surface area (Å²) in [6, 6.07) is 0. The molecule has 0 aromatic carbocycles. The summed E-state index contributed by atoms with van der Waals surface area (Å²) in [4.78, 5) is 4.06. The number of allylic oxidation sites excluding steroid dienone is 1. The molecule has 0 N–H and O–H groups in total. The van der Waals surface area contributed by atoms with Gasteiger partial charge in [0.25, 0.3) is 0 Å². The number of hydrogen-bond donors (Lipinski definition) is 0. The Kier molecular flexibility index (Phi) is 4.55. The van der Waals surface area contributed by atoms with Gasteiger partial charge in [0.15, 0.2) is 0 Å². The van der Waals surface area contributed by atoms with Crippen LogP contribution in [0.15, 0.2) is 5.73 Å². The Hall–Kier alpha value is -1.35. The number of nitrogens with zero attached hydrogens (tertiary/aromatic N) is 2. The first-order chi connectivity index (χ1) is 11.8. The predicted molar refractivity (Wildman–Crippen MR) is 90.1 cm³/mol. The van der Waals surface area contributed by atoms with Gasteiger partial charge in [0, 0.05) is 12.2 Å². The van der Waals surface area contributed by atoms with E-state index in [-0.39, 0.29) is 5.69 Å². The number of halogens is 4. The summed E-state index contributed by atoms with van der Waals surface area (Å²) in [6.07, 6.45) is -2.85. The summed E-state index contributed by atoms with van der Waals surface area (Å²) in [5.41, 5.74) is -4.66. The lowest BCUT2D eigenvalue weighted by atomic mass is 9.83. The molecule has 0 unspecified atom stereocenters. The molecule has 144 valence electrons. The Balaban J connectivity index is 2.12. The molecule has 3 rings (SSSR count). The highest BCUT2D eigenvalue weighted by atomic mass is 19.4. The smallest absolute Gasteiger partial charge is 0.398 e. The Morgan fingerprint density at radius 3 is 2.23 bits per heavy atom. The van der Waals surface area contributed by atoms with E-state index >= 15 is 4.39 Å². The fourth-order valence-electron chi connectivity index (χ4n) is 3.37. The summed E-state index contributed by atoms with van der Waals surface area (Å²) in [5.74, 6) is 0.457. The van der Waals surface area contributed by atoms with Gasteiger partial charge in [-0.1, -0.05) is 0 Å². The van der Waals surface area contributed by atoms with Gasteiger partial charge in [-0.3, -0.25) is 0 Å². The Bertz CT molecular complexity index is 737. The minimum absolute atomic E-state index is 0.345. The van der Waals surface area contributed by atoms with Crippen LogP contribution in [0.25, 0.3) is 5.57 Å². The summed E-state index contributed by atoms with van der Waals surface area (Å²) in [7, 11) is -1.71. The molecule has 2 aliphatic rings. The molecule has 0 bridgehead atoms. The molecule has 3 heterocycles. The zero-order valence-corrected chi connectivity index (χ0v) is 15.6. The molecule has 1 saturated heterocycles. The van der Waals surface area contributed by atoms with E-state index in [9.17, 15) is 13.2 Å². The van der Waals surface area contributed by atoms with Crippen LogP contribution < -0.4 is 0 Å². The van der Waals surface area contributed by atoms with Crippen LogP contribution in [0.4, 0.5) is 17.6 Å². The zero-order chi connectivity index (χ0) is 19.5. The Morgan fingerprint density at radius 2 is 1.69 bits per heavy atom. The lowest BCUT2D eigenvalue weighted by Crippen LogP contribution is -2.41. The van der Waals surface area contributed by atoms with E-state index in [4.69, 9.17) is 9.31 Å². The topological polar surface area (TPSA) is 36.3 Å². The first kappa shape index (κ1) is 19.4. The van der Waals surface area contributed by atoms with Crippen LogP contribution in [0.2, 0.25) is 0 Å². The molecule has 4 nitrogen and oxygen atoms in total. The highest BCUT2D eigenvalue weighted by Crippen LogP contribution is 2.44.